The quantitative estimate of drug-likeness (QED) is 0.862. The lowest BCUT2D eigenvalue weighted by Gasteiger charge is -2.06. The zero-order valence-corrected chi connectivity index (χ0v) is 12.7. The highest BCUT2D eigenvalue weighted by atomic mass is 35.5. The van der Waals surface area contributed by atoms with E-state index in [2.05, 4.69) is 0 Å². The second-order valence-electron chi connectivity index (χ2n) is 4.34. The van der Waals surface area contributed by atoms with Crippen LogP contribution < -0.4 is 10.5 Å². The standard InChI is InChI=1S/C15H16ClNO2S/c1-19-13-5-2-11(3-6-13)8-9-20(18)15-10-12(17)4-7-14(15)16/h2-7,10H,8-9,17H2,1H3. The first-order valence-electron chi connectivity index (χ1n) is 6.16. The van der Waals surface area contributed by atoms with Gasteiger partial charge in [0.25, 0.3) is 0 Å². The maximum Gasteiger partial charge on any atom is 0.118 e. The van der Waals surface area contributed by atoms with E-state index in [0.717, 1.165) is 11.3 Å². The topological polar surface area (TPSA) is 52.3 Å². The molecule has 1 atom stereocenters. The molecular formula is C15H16ClNO2S. The minimum atomic E-state index is -1.16. The molecule has 0 radical (unpaired) electrons. The van der Waals surface area contributed by atoms with Crippen molar-refractivity contribution < 1.29 is 8.95 Å². The summed E-state index contributed by atoms with van der Waals surface area (Å²) in [6.45, 7) is 0. The molecule has 0 spiro atoms. The zero-order chi connectivity index (χ0) is 14.5. The first-order chi connectivity index (χ1) is 9.60. The Morgan fingerprint density at radius 3 is 2.55 bits per heavy atom. The van der Waals surface area contributed by atoms with Crippen molar-refractivity contribution in [2.45, 2.75) is 11.3 Å². The van der Waals surface area contributed by atoms with Gasteiger partial charge < -0.3 is 10.5 Å². The third-order valence-electron chi connectivity index (χ3n) is 2.94. The molecule has 0 aromatic heterocycles. The molecule has 1 unspecified atom stereocenters. The summed E-state index contributed by atoms with van der Waals surface area (Å²) in [4.78, 5) is 0.597. The van der Waals surface area contributed by atoms with Crippen molar-refractivity contribution in [2.75, 3.05) is 18.6 Å². The van der Waals surface area contributed by atoms with Gasteiger partial charge in [-0.05, 0) is 42.3 Å². The van der Waals surface area contributed by atoms with Crippen LogP contribution in [0.25, 0.3) is 0 Å². The van der Waals surface area contributed by atoms with Gasteiger partial charge in [-0.1, -0.05) is 23.7 Å². The number of anilines is 1. The molecule has 0 saturated heterocycles. The second kappa shape index (κ2) is 6.77. The Balaban J connectivity index is 2.02. The van der Waals surface area contributed by atoms with E-state index >= 15 is 0 Å². The summed E-state index contributed by atoms with van der Waals surface area (Å²) in [6, 6.07) is 12.8. The van der Waals surface area contributed by atoms with E-state index < -0.39 is 10.8 Å². The third-order valence-corrected chi connectivity index (χ3v) is 4.78. The molecule has 0 heterocycles. The summed E-state index contributed by atoms with van der Waals surface area (Å²) >= 11 is 6.05. The number of hydrogen-bond donors (Lipinski definition) is 1. The molecule has 2 aromatic carbocycles. The number of methoxy groups -OCH3 is 1. The highest BCUT2D eigenvalue weighted by Gasteiger charge is 2.09. The molecule has 2 N–H and O–H groups in total. The number of hydrogen-bond acceptors (Lipinski definition) is 3. The van der Waals surface area contributed by atoms with Crippen LogP contribution in [0.5, 0.6) is 5.75 Å². The molecule has 0 aliphatic heterocycles. The Morgan fingerprint density at radius 1 is 1.20 bits per heavy atom. The van der Waals surface area contributed by atoms with Gasteiger partial charge in [0.05, 0.1) is 27.8 Å². The van der Waals surface area contributed by atoms with Crippen LogP contribution in [-0.4, -0.2) is 17.1 Å². The zero-order valence-electron chi connectivity index (χ0n) is 11.1. The molecule has 20 heavy (non-hydrogen) atoms. The molecule has 0 aliphatic carbocycles. The van der Waals surface area contributed by atoms with Gasteiger partial charge >= 0.3 is 0 Å². The van der Waals surface area contributed by atoms with Gasteiger partial charge in [0.15, 0.2) is 0 Å². The fourth-order valence-corrected chi connectivity index (χ4v) is 3.38. The van der Waals surface area contributed by atoms with Crippen LogP contribution in [0, 0.1) is 0 Å². The fourth-order valence-electron chi connectivity index (χ4n) is 1.81. The maximum atomic E-state index is 12.3. The van der Waals surface area contributed by atoms with E-state index in [1.54, 1.807) is 25.3 Å². The minimum absolute atomic E-state index is 0.493. The van der Waals surface area contributed by atoms with Gasteiger partial charge in [0.1, 0.15) is 5.75 Å². The van der Waals surface area contributed by atoms with Crippen molar-refractivity contribution in [3.63, 3.8) is 0 Å². The van der Waals surface area contributed by atoms with E-state index in [1.165, 1.54) is 0 Å². The van der Waals surface area contributed by atoms with Gasteiger partial charge in [0, 0.05) is 11.4 Å². The number of rotatable bonds is 5. The monoisotopic (exact) mass is 309 g/mol. The second-order valence-corrected chi connectivity index (χ2v) is 6.28. The van der Waals surface area contributed by atoms with E-state index in [9.17, 15) is 4.21 Å². The molecule has 0 fully saturated rings. The van der Waals surface area contributed by atoms with Gasteiger partial charge in [0.2, 0.25) is 0 Å². The Hall–Kier alpha value is -1.52. The van der Waals surface area contributed by atoms with Crippen LogP contribution in [0.4, 0.5) is 5.69 Å². The molecule has 0 saturated carbocycles. The number of ether oxygens (including phenoxy) is 1. The van der Waals surface area contributed by atoms with Crippen molar-refractivity contribution >= 4 is 28.1 Å². The highest BCUT2D eigenvalue weighted by Crippen LogP contribution is 2.23. The molecule has 2 aromatic rings. The maximum absolute atomic E-state index is 12.3. The van der Waals surface area contributed by atoms with Gasteiger partial charge in [-0.3, -0.25) is 4.21 Å². The summed E-state index contributed by atoms with van der Waals surface area (Å²) in [7, 11) is 0.475. The van der Waals surface area contributed by atoms with Crippen molar-refractivity contribution in [1.82, 2.24) is 0 Å². The predicted octanol–water partition coefficient (Wildman–Crippen LogP) is 3.28. The fraction of sp³-hybridized carbons (Fsp3) is 0.200. The highest BCUT2D eigenvalue weighted by molar-refractivity contribution is 7.85. The summed E-state index contributed by atoms with van der Waals surface area (Å²) in [5, 5.41) is 0.493. The van der Waals surface area contributed by atoms with E-state index in [-0.39, 0.29) is 0 Å². The Kier molecular flexibility index (Phi) is 5.04. The lowest BCUT2D eigenvalue weighted by atomic mass is 10.2. The number of nitrogen functional groups attached to an aromatic ring is 1. The third kappa shape index (κ3) is 3.74. The molecule has 0 bridgehead atoms. The van der Waals surface area contributed by atoms with Crippen LogP contribution in [0.1, 0.15) is 5.56 Å². The molecule has 2 rings (SSSR count). The Labute approximate surface area is 126 Å². The van der Waals surface area contributed by atoms with Crippen molar-refractivity contribution in [1.29, 1.82) is 0 Å². The Morgan fingerprint density at radius 2 is 1.90 bits per heavy atom. The van der Waals surface area contributed by atoms with E-state index in [4.69, 9.17) is 22.1 Å². The summed E-state index contributed by atoms with van der Waals surface area (Å²) in [6.07, 6.45) is 0.710. The first-order valence-corrected chi connectivity index (χ1v) is 7.86. The van der Waals surface area contributed by atoms with Crippen LogP contribution in [0.15, 0.2) is 47.4 Å². The minimum Gasteiger partial charge on any atom is -0.497 e. The Bertz CT molecular complexity index is 614. The number of aryl methyl sites for hydroxylation is 1. The number of nitrogens with two attached hydrogens (primary N) is 1. The van der Waals surface area contributed by atoms with Crippen molar-refractivity contribution in [3.8, 4) is 5.75 Å². The summed E-state index contributed by atoms with van der Waals surface area (Å²) in [5.41, 5.74) is 7.38. The van der Waals surface area contributed by atoms with Crippen LogP contribution in [0.2, 0.25) is 5.02 Å². The van der Waals surface area contributed by atoms with Crippen molar-refractivity contribution in [3.05, 3.63) is 53.1 Å². The lowest BCUT2D eigenvalue weighted by Crippen LogP contribution is -2.03. The van der Waals surface area contributed by atoms with Gasteiger partial charge in [-0.25, -0.2) is 0 Å². The number of benzene rings is 2. The van der Waals surface area contributed by atoms with Crippen LogP contribution in [0.3, 0.4) is 0 Å². The molecule has 0 amide bonds. The normalized spacial score (nSPS) is 12.1. The van der Waals surface area contributed by atoms with E-state index in [0.29, 0.717) is 27.8 Å². The average Bonchev–Trinajstić information content (AvgIpc) is 2.47. The van der Waals surface area contributed by atoms with Gasteiger partial charge in [-0.2, -0.15) is 0 Å². The van der Waals surface area contributed by atoms with Crippen LogP contribution >= 0.6 is 11.6 Å². The lowest BCUT2D eigenvalue weighted by molar-refractivity contribution is 0.414. The molecule has 106 valence electrons. The first kappa shape index (κ1) is 14.9. The largest absolute Gasteiger partial charge is 0.497 e. The van der Waals surface area contributed by atoms with E-state index in [1.807, 2.05) is 24.3 Å². The van der Waals surface area contributed by atoms with Crippen LogP contribution in [-0.2, 0) is 17.2 Å². The smallest absolute Gasteiger partial charge is 0.118 e. The molecular weight excluding hydrogens is 294 g/mol. The van der Waals surface area contributed by atoms with Crippen molar-refractivity contribution in [2.24, 2.45) is 0 Å². The predicted molar refractivity (Wildman–Crippen MR) is 83.8 cm³/mol. The molecule has 5 heteroatoms. The van der Waals surface area contributed by atoms with Gasteiger partial charge in [-0.15, -0.1) is 0 Å². The average molecular weight is 310 g/mol. The molecule has 0 aliphatic rings. The summed E-state index contributed by atoms with van der Waals surface area (Å²) in [5.74, 6) is 1.32. The SMILES string of the molecule is COc1ccc(CCS(=O)c2cc(N)ccc2Cl)cc1. The number of halogens is 1. The molecule has 3 nitrogen and oxygen atoms in total. The summed E-state index contributed by atoms with van der Waals surface area (Å²) < 4.78 is 17.4.